The van der Waals surface area contributed by atoms with E-state index in [1.54, 1.807) is 0 Å². The average Bonchev–Trinajstić information content (AvgIpc) is 2.86. The van der Waals surface area contributed by atoms with Crippen LogP contribution in [0, 0.1) is 26.7 Å². The molecule has 150 valence electrons. The Labute approximate surface area is 171 Å². The lowest BCUT2D eigenvalue weighted by Crippen LogP contribution is -2.48. The Bertz CT molecular complexity index is 832. The van der Waals surface area contributed by atoms with Crippen molar-refractivity contribution in [2.45, 2.75) is 58.8 Å². The highest BCUT2D eigenvalue weighted by atomic mass is 32.1. The topological polar surface area (TPSA) is 87.8 Å². The molecular weight excluding hydrogens is 372 g/mol. The molecule has 0 atom stereocenters. The summed E-state index contributed by atoms with van der Waals surface area (Å²) >= 11 is 4.86. The Balaban J connectivity index is 1.80. The number of nitrogens with one attached hydrogen (secondary N) is 1. The van der Waals surface area contributed by atoms with Crippen LogP contribution in [-0.4, -0.2) is 34.1 Å². The van der Waals surface area contributed by atoms with Crippen molar-refractivity contribution in [1.82, 2.24) is 10.3 Å². The summed E-state index contributed by atoms with van der Waals surface area (Å²) < 4.78 is 0. The molecule has 1 saturated heterocycles. The minimum Gasteiger partial charge on any atom is -0.375 e. The number of nitrogens with zero attached hydrogens (tertiary/aromatic N) is 2. The zero-order valence-corrected chi connectivity index (χ0v) is 17.8. The third-order valence-corrected chi connectivity index (χ3v) is 6.02. The number of likely N-dealkylation sites (tertiary alicyclic amines) is 1. The van der Waals surface area contributed by atoms with Gasteiger partial charge in [-0.3, -0.25) is 19.9 Å². The van der Waals surface area contributed by atoms with E-state index in [2.05, 4.69) is 50.4 Å². The highest BCUT2D eigenvalue weighted by Crippen LogP contribution is 2.50. The van der Waals surface area contributed by atoms with Gasteiger partial charge in [-0.2, -0.15) is 5.10 Å². The van der Waals surface area contributed by atoms with Crippen LogP contribution >= 0.6 is 12.2 Å². The number of hydrogen-bond acceptors (Lipinski definition) is 4. The molecule has 1 heterocycles. The van der Waals surface area contributed by atoms with Gasteiger partial charge in [-0.15, -0.1) is 0 Å². The second kappa shape index (κ2) is 7.62. The summed E-state index contributed by atoms with van der Waals surface area (Å²) in [7, 11) is 0. The standard InChI is InChI=1S/C21H28N4O2S/c1-12-7-13(2)19(14(3)8-12)21(4)9-15(10-21)16(23-24-20(22)28)11-25-17(26)5-6-18(25)27/h7-8,15H,5-6,9-11H2,1-4H3,(H3,22,24,28)/b23-16-. The number of nitrogens with two attached hydrogens (primary N) is 1. The van der Waals surface area contributed by atoms with Gasteiger partial charge in [-0.25, -0.2) is 0 Å². The predicted molar refractivity (Wildman–Crippen MR) is 114 cm³/mol. The van der Waals surface area contributed by atoms with Crippen molar-refractivity contribution >= 4 is 34.9 Å². The van der Waals surface area contributed by atoms with E-state index in [1.165, 1.54) is 27.2 Å². The van der Waals surface area contributed by atoms with Gasteiger partial charge in [0.15, 0.2) is 5.11 Å². The molecule has 1 aromatic rings. The van der Waals surface area contributed by atoms with Crippen LogP contribution in [0.2, 0.25) is 0 Å². The minimum absolute atomic E-state index is 0.0511. The van der Waals surface area contributed by atoms with E-state index < -0.39 is 0 Å². The van der Waals surface area contributed by atoms with Crippen LogP contribution in [-0.2, 0) is 15.0 Å². The highest BCUT2D eigenvalue weighted by molar-refractivity contribution is 7.80. The molecule has 2 amide bonds. The largest absolute Gasteiger partial charge is 0.375 e. The Hall–Kier alpha value is -2.28. The molecule has 2 fully saturated rings. The molecule has 28 heavy (non-hydrogen) atoms. The Morgan fingerprint density at radius 2 is 1.75 bits per heavy atom. The summed E-state index contributed by atoms with van der Waals surface area (Å²) in [5, 5.41) is 4.42. The van der Waals surface area contributed by atoms with E-state index in [-0.39, 0.29) is 47.6 Å². The van der Waals surface area contributed by atoms with Crippen molar-refractivity contribution in [2.24, 2.45) is 16.8 Å². The molecule has 1 saturated carbocycles. The van der Waals surface area contributed by atoms with Gasteiger partial charge in [0.25, 0.3) is 0 Å². The van der Waals surface area contributed by atoms with E-state index in [1.807, 2.05) is 0 Å². The number of imide groups is 1. The van der Waals surface area contributed by atoms with Crippen LogP contribution in [0.3, 0.4) is 0 Å². The minimum atomic E-state index is -0.139. The summed E-state index contributed by atoms with van der Waals surface area (Å²) in [6, 6.07) is 4.46. The van der Waals surface area contributed by atoms with E-state index in [0.717, 1.165) is 18.6 Å². The van der Waals surface area contributed by atoms with Crippen molar-refractivity contribution in [2.75, 3.05) is 6.54 Å². The molecule has 1 aromatic carbocycles. The fourth-order valence-corrected chi connectivity index (χ4v) is 4.99. The Morgan fingerprint density at radius 3 is 2.25 bits per heavy atom. The fourth-order valence-electron chi connectivity index (χ4n) is 4.94. The normalized spacial score (nSPS) is 25.1. The molecule has 7 heteroatoms. The molecule has 3 N–H and O–H groups in total. The maximum atomic E-state index is 12.0. The van der Waals surface area contributed by atoms with E-state index in [4.69, 9.17) is 18.0 Å². The van der Waals surface area contributed by atoms with Crippen molar-refractivity contribution in [3.63, 3.8) is 0 Å². The quantitative estimate of drug-likeness (QED) is 0.343. The van der Waals surface area contributed by atoms with Gasteiger partial charge in [-0.1, -0.05) is 24.6 Å². The fraction of sp³-hybridized carbons (Fsp3) is 0.524. The number of aryl methyl sites for hydroxylation is 3. The summed E-state index contributed by atoms with van der Waals surface area (Å²) in [5.74, 6) is -0.103. The second-order valence-corrected chi connectivity index (χ2v) is 8.83. The molecular formula is C21H28N4O2S. The number of thiocarbonyl (C=S) groups is 1. The number of amides is 2. The van der Waals surface area contributed by atoms with Gasteiger partial charge in [0, 0.05) is 18.8 Å². The number of benzene rings is 1. The summed E-state index contributed by atoms with van der Waals surface area (Å²) in [6.45, 7) is 8.93. The van der Waals surface area contributed by atoms with Crippen LogP contribution in [0.25, 0.3) is 0 Å². The second-order valence-electron chi connectivity index (χ2n) is 8.39. The number of carbonyl (C=O) groups excluding carboxylic acids is 2. The first-order valence-electron chi connectivity index (χ1n) is 9.64. The molecule has 0 bridgehead atoms. The first kappa shape index (κ1) is 20.5. The van der Waals surface area contributed by atoms with Crippen LogP contribution in [0.15, 0.2) is 17.2 Å². The monoisotopic (exact) mass is 400 g/mol. The lowest BCUT2D eigenvalue weighted by molar-refractivity contribution is -0.137. The van der Waals surface area contributed by atoms with E-state index in [9.17, 15) is 9.59 Å². The third kappa shape index (κ3) is 3.94. The Kier molecular flexibility index (Phi) is 5.57. The summed E-state index contributed by atoms with van der Waals surface area (Å²) in [6.07, 6.45) is 2.37. The number of hydrogen-bond donors (Lipinski definition) is 2. The number of carbonyl (C=O) groups is 2. The molecule has 0 radical (unpaired) electrons. The van der Waals surface area contributed by atoms with Crippen molar-refractivity contribution in [1.29, 1.82) is 0 Å². The zero-order valence-electron chi connectivity index (χ0n) is 17.0. The summed E-state index contributed by atoms with van der Waals surface area (Å²) in [4.78, 5) is 25.4. The van der Waals surface area contributed by atoms with Gasteiger partial charge in [0.1, 0.15) is 0 Å². The highest BCUT2D eigenvalue weighted by Gasteiger charge is 2.46. The molecule has 1 aliphatic heterocycles. The molecule has 0 unspecified atom stereocenters. The van der Waals surface area contributed by atoms with Gasteiger partial charge >= 0.3 is 0 Å². The third-order valence-electron chi connectivity index (χ3n) is 5.93. The van der Waals surface area contributed by atoms with E-state index in [0.29, 0.717) is 0 Å². The first-order valence-corrected chi connectivity index (χ1v) is 10.0. The van der Waals surface area contributed by atoms with Crippen molar-refractivity contribution < 1.29 is 9.59 Å². The molecule has 6 nitrogen and oxygen atoms in total. The SMILES string of the molecule is Cc1cc(C)c(C2(C)CC(/C(CN3C(=O)CCC3=O)=N\NC(N)=S)C2)c(C)c1. The van der Waals surface area contributed by atoms with E-state index >= 15 is 0 Å². The maximum Gasteiger partial charge on any atom is 0.230 e. The zero-order chi connectivity index (χ0) is 20.6. The van der Waals surface area contributed by atoms with Crippen LogP contribution in [0.4, 0.5) is 0 Å². The number of rotatable bonds is 5. The molecule has 1 aliphatic carbocycles. The van der Waals surface area contributed by atoms with Crippen LogP contribution in [0.1, 0.15) is 54.9 Å². The first-order chi connectivity index (χ1) is 13.1. The summed E-state index contributed by atoms with van der Waals surface area (Å²) in [5.41, 5.74) is 14.3. The lowest BCUT2D eigenvalue weighted by Gasteiger charge is -2.48. The van der Waals surface area contributed by atoms with Gasteiger partial charge in [-0.05, 0) is 67.9 Å². The van der Waals surface area contributed by atoms with Crippen molar-refractivity contribution in [3.05, 3.63) is 34.4 Å². The molecule has 0 aromatic heterocycles. The average molecular weight is 401 g/mol. The lowest BCUT2D eigenvalue weighted by atomic mass is 9.57. The maximum absolute atomic E-state index is 12.0. The van der Waals surface area contributed by atoms with Gasteiger partial charge < -0.3 is 5.73 Å². The Morgan fingerprint density at radius 1 is 1.21 bits per heavy atom. The van der Waals surface area contributed by atoms with Gasteiger partial charge in [0.05, 0.1) is 12.3 Å². The number of hydrazone groups is 1. The van der Waals surface area contributed by atoms with Gasteiger partial charge in [0.2, 0.25) is 11.8 Å². The molecule has 3 rings (SSSR count). The molecule has 0 spiro atoms. The van der Waals surface area contributed by atoms with Crippen LogP contribution < -0.4 is 11.2 Å². The predicted octanol–water partition coefficient (Wildman–Crippen LogP) is 2.62. The smallest absolute Gasteiger partial charge is 0.230 e. The van der Waals surface area contributed by atoms with Crippen LogP contribution in [0.5, 0.6) is 0 Å². The molecule has 2 aliphatic rings. The van der Waals surface area contributed by atoms with Crippen molar-refractivity contribution in [3.8, 4) is 0 Å².